The summed E-state index contributed by atoms with van der Waals surface area (Å²) in [7, 11) is 0. The number of hydrogen-bond acceptors (Lipinski definition) is 4. The molecule has 0 aliphatic heterocycles. The Morgan fingerprint density at radius 3 is 2.36 bits per heavy atom. The number of aryl methyl sites for hydroxylation is 1. The number of nitrogens with one attached hydrogen (secondary N) is 2. The van der Waals surface area contributed by atoms with Gasteiger partial charge >= 0.3 is 0 Å². The number of rotatable bonds is 8. The van der Waals surface area contributed by atoms with Crippen LogP contribution in [0.3, 0.4) is 0 Å². The van der Waals surface area contributed by atoms with Gasteiger partial charge in [0.1, 0.15) is 12.4 Å². The average molecular weight is 342 g/mol. The molecular weight excluding hydrogens is 320 g/mol. The lowest BCUT2D eigenvalue weighted by Crippen LogP contribution is -2.45. The summed E-state index contributed by atoms with van der Waals surface area (Å²) < 4.78 is 10.6. The highest BCUT2D eigenvalue weighted by atomic mass is 16.5. The summed E-state index contributed by atoms with van der Waals surface area (Å²) in [6, 6.07) is 17.2. The predicted octanol–water partition coefficient (Wildman–Crippen LogP) is 1.78. The highest BCUT2D eigenvalue weighted by molar-refractivity contribution is 5.83. The van der Waals surface area contributed by atoms with Crippen LogP contribution in [0.4, 0.5) is 0 Å². The van der Waals surface area contributed by atoms with Crippen molar-refractivity contribution in [1.82, 2.24) is 10.9 Å². The summed E-state index contributed by atoms with van der Waals surface area (Å²) in [6.45, 7) is 2.07. The SMILES string of the molecule is Cc1cccc(OCC(=O)NNC(=O)COCCc2ccccc2)c1. The van der Waals surface area contributed by atoms with Crippen LogP contribution < -0.4 is 15.6 Å². The van der Waals surface area contributed by atoms with Gasteiger partial charge in [-0.25, -0.2) is 0 Å². The standard InChI is InChI=1S/C19H22N2O4/c1-15-6-5-9-17(12-15)25-14-19(23)21-20-18(22)13-24-11-10-16-7-3-2-4-8-16/h2-9,12H,10-11,13-14H2,1H3,(H,20,22)(H,21,23). The van der Waals surface area contributed by atoms with Gasteiger partial charge in [-0.05, 0) is 36.6 Å². The third-order valence-corrected chi connectivity index (χ3v) is 3.31. The van der Waals surface area contributed by atoms with Crippen molar-refractivity contribution in [1.29, 1.82) is 0 Å². The highest BCUT2D eigenvalue weighted by Crippen LogP contribution is 2.11. The minimum Gasteiger partial charge on any atom is -0.484 e. The summed E-state index contributed by atoms with van der Waals surface area (Å²) >= 11 is 0. The lowest BCUT2D eigenvalue weighted by atomic mass is 10.2. The Kier molecular flexibility index (Phi) is 7.46. The van der Waals surface area contributed by atoms with Crippen LogP contribution in [0.15, 0.2) is 54.6 Å². The van der Waals surface area contributed by atoms with Crippen LogP contribution in [0, 0.1) is 6.92 Å². The van der Waals surface area contributed by atoms with Gasteiger partial charge in [-0.2, -0.15) is 0 Å². The van der Waals surface area contributed by atoms with Gasteiger partial charge in [0.2, 0.25) is 0 Å². The van der Waals surface area contributed by atoms with Gasteiger partial charge in [0.05, 0.1) is 6.61 Å². The second-order valence-electron chi connectivity index (χ2n) is 5.49. The molecule has 6 heteroatoms. The maximum atomic E-state index is 11.6. The van der Waals surface area contributed by atoms with E-state index in [0.717, 1.165) is 17.5 Å². The Labute approximate surface area is 147 Å². The van der Waals surface area contributed by atoms with Crippen LogP contribution in [-0.2, 0) is 20.7 Å². The zero-order valence-electron chi connectivity index (χ0n) is 14.2. The molecule has 25 heavy (non-hydrogen) atoms. The Morgan fingerprint density at radius 2 is 1.64 bits per heavy atom. The van der Waals surface area contributed by atoms with E-state index in [1.54, 1.807) is 6.07 Å². The fraction of sp³-hybridized carbons (Fsp3) is 0.263. The molecule has 0 spiro atoms. The van der Waals surface area contributed by atoms with E-state index in [2.05, 4.69) is 10.9 Å². The number of carbonyl (C=O) groups is 2. The first-order valence-corrected chi connectivity index (χ1v) is 8.02. The molecule has 2 aromatic carbocycles. The molecule has 132 valence electrons. The smallest absolute Gasteiger partial charge is 0.276 e. The molecule has 0 radical (unpaired) electrons. The van der Waals surface area contributed by atoms with Gasteiger partial charge < -0.3 is 9.47 Å². The second kappa shape index (κ2) is 10.1. The fourth-order valence-electron chi connectivity index (χ4n) is 2.07. The van der Waals surface area contributed by atoms with Crippen LogP contribution in [0.5, 0.6) is 5.75 Å². The van der Waals surface area contributed by atoms with Crippen LogP contribution in [0.1, 0.15) is 11.1 Å². The van der Waals surface area contributed by atoms with E-state index in [4.69, 9.17) is 9.47 Å². The Bertz CT molecular complexity index is 689. The van der Waals surface area contributed by atoms with Crippen molar-refractivity contribution in [2.75, 3.05) is 19.8 Å². The van der Waals surface area contributed by atoms with Gasteiger partial charge in [-0.15, -0.1) is 0 Å². The maximum absolute atomic E-state index is 11.6. The third kappa shape index (κ3) is 7.50. The number of hydrazine groups is 1. The molecule has 0 aromatic heterocycles. The minimum atomic E-state index is -0.445. The Balaban J connectivity index is 1.55. The first-order valence-electron chi connectivity index (χ1n) is 8.02. The number of carbonyl (C=O) groups excluding carboxylic acids is 2. The van der Waals surface area contributed by atoms with Gasteiger partial charge in [-0.1, -0.05) is 42.5 Å². The average Bonchev–Trinajstić information content (AvgIpc) is 2.63. The molecule has 2 aromatic rings. The summed E-state index contributed by atoms with van der Waals surface area (Å²) in [5, 5.41) is 0. The van der Waals surface area contributed by atoms with Crippen molar-refractivity contribution in [3.63, 3.8) is 0 Å². The van der Waals surface area contributed by atoms with Crippen LogP contribution in [0.25, 0.3) is 0 Å². The monoisotopic (exact) mass is 342 g/mol. The highest BCUT2D eigenvalue weighted by Gasteiger charge is 2.06. The largest absolute Gasteiger partial charge is 0.484 e. The van der Waals surface area contributed by atoms with E-state index in [-0.39, 0.29) is 13.2 Å². The van der Waals surface area contributed by atoms with Crippen LogP contribution in [-0.4, -0.2) is 31.6 Å². The molecule has 0 saturated carbocycles. The topological polar surface area (TPSA) is 76.7 Å². The molecule has 0 fully saturated rings. The normalized spacial score (nSPS) is 10.1. The van der Waals surface area contributed by atoms with E-state index in [1.807, 2.05) is 55.5 Å². The molecule has 0 aliphatic carbocycles. The van der Waals surface area contributed by atoms with Crippen LogP contribution in [0.2, 0.25) is 0 Å². The molecule has 2 N–H and O–H groups in total. The first kappa shape index (κ1) is 18.5. The minimum absolute atomic E-state index is 0.119. The second-order valence-corrected chi connectivity index (χ2v) is 5.49. The Morgan fingerprint density at radius 1 is 0.920 bits per heavy atom. The molecule has 0 unspecified atom stereocenters. The molecule has 0 heterocycles. The van der Waals surface area contributed by atoms with Crippen molar-refractivity contribution in [3.05, 3.63) is 65.7 Å². The zero-order valence-corrected chi connectivity index (χ0v) is 14.2. The van der Waals surface area contributed by atoms with E-state index in [0.29, 0.717) is 12.4 Å². The number of ether oxygens (including phenoxy) is 2. The van der Waals surface area contributed by atoms with E-state index in [1.165, 1.54) is 0 Å². The van der Waals surface area contributed by atoms with Gasteiger partial charge in [0.25, 0.3) is 11.8 Å². The summed E-state index contributed by atoms with van der Waals surface area (Å²) in [4.78, 5) is 23.2. The predicted molar refractivity (Wildman–Crippen MR) is 93.9 cm³/mol. The van der Waals surface area contributed by atoms with Crippen LogP contribution >= 0.6 is 0 Å². The Hall–Kier alpha value is -2.86. The quantitative estimate of drug-likeness (QED) is 0.566. The fourth-order valence-corrected chi connectivity index (χ4v) is 2.07. The lowest BCUT2D eigenvalue weighted by molar-refractivity contribution is -0.132. The number of amides is 2. The van der Waals surface area contributed by atoms with Crippen molar-refractivity contribution < 1.29 is 19.1 Å². The van der Waals surface area contributed by atoms with E-state index < -0.39 is 11.8 Å². The molecule has 2 amide bonds. The summed E-state index contributed by atoms with van der Waals surface area (Å²) in [6.07, 6.45) is 0.727. The third-order valence-electron chi connectivity index (χ3n) is 3.31. The van der Waals surface area contributed by atoms with Crippen molar-refractivity contribution >= 4 is 11.8 Å². The van der Waals surface area contributed by atoms with Crippen molar-refractivity contribution in [2.24, 2.45) is 0 Å². The number of benzene rings is 2. The summed E-state index contributed by atoms with van der Waals surface area (Å²) in [5.74, 6) is -0.262. The van der Waals surface area contributed by atoms with Gasteiger partial charge in [0.15, 0.2) is 6.61 Å². The van der Waals surface area contributed by atoms with Crippen molar-refractivity contribution in [2.45, 2.75) is 13.3 Å². The molecule has 0 saturated heterocycles. The lowest BCUT2D eigenvalue weighted by Gasteiger charge is -2.09. The molecule has 0 aliphatic rings. The first-order chi connectivity index (χ1) is 12.1. The van der Waals surface area contributed by atoms with Gasteiger partial charge in [-0.3, -0.25) is 20.4 Å². The molecular formula is C19H22N2O4. The zero-order chi connectivity index (χ0) is 17.9. The van der Waals surface area contributed by atoms with Gasteiger partial charge in [0, 0.05) is 0 Å². The van der Waals surface area contributed by atoms with Crippen molar-refractivity contribution in [3.8, 4) is 5.75 Å². The molecule has 0 atom stereocenters. The molecule has 2 rings (SSSR count). The van der Waals surface area contributed by atoms with E-state index >= 15 is 0 Å². The molecule has 0 bridgehead atoms. The molecule has 6 nitrogen and oxygen atoms in total. The summed E-state index contributed by atoms with van der Waals surface area (Å²) in [5.41, 5.74) is 6.75. The number of hydrogen-bond donors (Lipinski definition) is 2. The maximum Gasteiger partial charge on any atom is 0.276 e. The van der Waals surface area contributed by atoms with E-state index in [9.17, 15) is 9.59 Å².